The number of anilines is 1. The van der Waals surface area contributed by atoms with Crippen molar-refractivity contribution in [3.8, 4) is 6.07 Å². The fourth-order valence-electron chi connectivity index (χ4n) is 1.56. The van der Waals surface area contributed by atoms with E-state index in [0.29, 0.717) is 17.7 Å². The van der Waals surface area contributed by atoms with Gasteiger partial charge < -0.3 is 5.32 Å². The van der Waals surface area contributed by atoms with Crippen molar-refractivity contribution in [3.05, 3.63) is 63.0 Å². The fourth-order valence-corrected chi connectivity index (χ4v) is 2.10. The van der Waals surface area contributed by atoms with Crippen LogP contribution >= 0.6 is 22.6 Å². The predicted molar refractivity (Wildman–Crippen MR) is 77.6 cm³/mol. The number of nitrogens with zero attached hydrogens (tertiary/aromatic N) is 1. The van der Waals surface area contributed by atoms with Crippen LogP contribution in [0.5, 0.6) is 0 Å². The summed E-state index contributed by atoms with van der Waals surface area (Å²) in [5.41, 5.74) is 1.84. The Morgan fingerprint density at radius 3 is 2.72 bits per heavy atom. The molecule has 0 fully saturated rings. The Morgan fingerprint density at radius 1 is 1.22 bits per heavy atom. The van der Waals surface area contributed by atoms with E-state index in [1.165, 1.54) is 6.07 Å². The molecule has 0 aliphatic carbocycles. The molecule has 0 aliphatic rings. The molecule has 0 bridgehead atoms. The van der Waals surface area contributed by atoms with Crippen LogP contribution in [0, 0.1) is 20.7 Å². The molecule has 2 aromatic carbocycles. The van der Waals surface area contributed by atoms with E-state index >= 15 is 0 Å². The minimum atomic E-state index is -0.354. The molecule has 0 heterocycles. The number of rotatable bonds is 3. The number of halogens is 2. The summed E-state index contributed by atoms with van der Waals surface area (Å²) in [4.78, 5) is 0. The van der Waals surface area contributed by atoms with Crippen molar-refractivity contribution in [1.29, 1.82) is 5.26 Å². The van der Waals surface area contributed by atoms with Crippen LogP contribution in [-0.4, -0.2) is 0 Å². The monoisotopic (exact) mass is 352 g/mol. The second-order valence-electron chi connectivity index (χ2n) is 3.78. The summed E-state index contributed by atoms with van der Waals surface area (Å²) >= 11 is 2.23. The van der Waals surface area contributed by atoms with Crippen molar-refractivity contribution in [1.82, 2.24) is 0 Å². The van der Waals surface area contributed by atoms with Crippen molar-refractivity contribution in [2.45, 2.75) is 6.54 Å². The molecule has 18 heavy (non-hydrogen) atoms. The van der Waals surface area contributed by atoms with Gasteiger partial charge in [-0.05, 0) is 52.9 Å². The third-order valence-corrected chi connectivity index (χ3v) is 3.16. The lowest BCUT2D eigenvalue weighted by atomic mass is 10.1. The van der Waals surface area contributed by atoms with Crippen LogP contribution in [0.15, 0.2) is 42.5 Å². The Bertz CT molecular complexity index is 605. The second-order valence-corrected chi connectivity index (χ2v) is 5.03. The lowest BCUT2D eigenvalue weighted by Crippen LogP contribution is -2.02. The molecule has 90 valence electrons. The third kappa shape index (κ3) is 3.20. The molecule has 1 N–H and O–H groups in total. The van der Waals surface area contributed by atoms with Crippen LogP contribution in [0.3, 0.4) is 0 Å². The van der Waals surface area contributed by atoms with E-state index < -0.39 is 0 Å². The Morgan fingerprint density at radius 2 is 2.06 bits per heavy atom. The summed E-state index contributed by atoms with van der Waals surface area (Å²) in [6, 6.07) is 14.3. The Balaban J connectivity index is 2.09. The van der Waals surface area contributed by atoms with Gasteiger partial charge in [0.05, 0.1) is 11.6 Å². The highest BCUT2D eigenvalue weighted by atomic mass is 127. The van der Waals surface area contributed by atoms with Gasteiger partial charge in [0.2, 0.25) is 0 Å². The first kappa shape index (κ1) is 12.8. The van der Waals surface area contributed by atoms with Crippen LogP contribution in [0.4, 0.5) is 10.1 Å². The maximum absolute atomic E-state index is 13.6. The molecular weight excluding hydrogens is 342 g/mol. The fraction of sp³-hybridized carbons (Fsp3) is 0.0714. The Hall–Kier alpha value is -1.61. The normalized spacial score (nSPS) is 9.83. The van der Waals surface area contributed by atoms with E-state index in [1.807, 2.05) is 30.3 Å². The number of nitrogens with one attached hydrogen (secondary N) is 1. The van der Waals surface area contributed by atoms with Crippen LogP contribution in [0.2, 0.25) is 0 Å². The summed E-state index contributed by atoms with van der Waals surface area (Å²) in [5, 5.41) is 11.8. The van der Waals surface area contributed by atoms with Crippen LogP contribution < -0.4 is 5.32 Å². The number of benzene rings is 2. The third-order valence-electron chi connectivity index (χ3n) is 2.49. The van der Waals surface area contributed by atoms with Gasteiger partial charge in [0.25, 0.3) is 0 Å². The minimum Gasteiger partial charge on any atom is -0.381 e. The lowest BCUT2D eigenvalue weighted by Gasteiger charge is -2.08. The zero-order chi connectivity index (χ0) is 13.0. The first-order chi connectivity index (χ1) is 8.69. The summed E-state index contributed by atoms with van der Waals surface area (Å²) in [7, 11) is 0. The van der Waals surface area contributed by atoms with Gasteiger partial charge in [-0.1, -0.05) is 12.1 Å². The zero-order valence-corrected chi connectivity index (χ0v) is 11.6. The van der Waals surface area contributed by atoms with Gasteiger partial charge in [-0.15, -0.1) is 0 Å². The zero-order valence-electron chi connectivity index (χ0n) is 9.45. The molecule has 0 atom stereocenters. The van der Waals surface area contributed by atoms with Crippen molar-refractivity contribution >= 4 is 28.3 Å². The van der Waals surface area contributed by atoms with Crippen molar-refractivity contribution in [3.63, 3.8) is 0 Å². The molecule has 0 radical (unpaired) electrons. The Kier molecular flexibility index (Phi) is 4.15. The van der Waals surface area contributed by atoms with Crippen LogP contribution in [-0.2, 0) is 6.54 Å². The predicted octanol–water partition coefficient (Wildman–Crippen LogP) is 3.91. The molecule has 0 unspecified atom stereocenters. The number of hydrogen-bond donors (Lipinski definition) is 1. The summed E-state index contributed by atoms with van der Waals surface area (Å²) < 4.78 is 14.7. The highest BCUT2D eigenvalue weighted by Gasteiger charge is 2.03. The molecule has 2 rings (SSSR count). The smallest absolute Gasteiger partial charge is 0.129 e. The largest absolute Gasteiger partial charge is 0.381 e. The molecule has 0 aromatic heterocycles. The molecule has 2 nitrogen and oxygen atoms in total. The van der Waals surface area contributed by atoms with Crippen molar-refractivity contribution in [2.75, 3.05) is 5.32 Å². The standard InChI is InChI=1S/C14H10FIN2/c15-14-6-10(8-17)4-5-11(14)9-18-13-3-1-2-12(16)7-13/h1-7,18H,9H2. The van der Waals surface area contributed by atoms with E-state index in [4.69, 9.17) is 5.26 Å². The molecular formula is C14H10FIN2. The minimum absolute atomic E-state index is 0.338. The molecule has 0 spiro atoms. The highest BCUT2D eigenvalue weighted by Crippen LogP contribution is 2.15. The Labute approximate surface area is 119 Å². The van der Waals surface area contributed by atoms with E-state index in [0.717, 1.165) is 9.26 Å². The lowest BCUT2D eigenvalue weighted by molar-refractivity contribution is 0.612. The molecule has 0 saturated heterocycles. The van der Waals surface area contributed by atoms with Gasteiger partial charge in [-0.2, -0.15) is 5.26 Å². The summed E-state index contributed by atoms with van der Waals surface area (Å²) in [6.45, 7) is 0.400. The SMILES string of the molecule is N#Cc1ccc(CNc2cccc(I)c2)c(F)c1. The average Bonchev–Trinajstić information content (AvgIpc) is 2.37. The molecule has 0 amide bonds. The summed E-state index contributed by atoms with van der Waals surface area (Å²) in [6.07, 6.45) is 0. The van der Waals surface area contributed by atoms with Gasteiger partial charge in [0, 0.05) is 21.4 Å². The summed E-state index contributed by atoms with van der Waals surface area (Å²) in [5.74, 6) is -0.354. The van der Waals surface area contributed by atoms with E-state index in [9.17, 15) is 4.39 Å². The molecule has 2 aromatic rings. The number of nitriles is 1. The molecule has 0 aliphatic heterocycles. The van der Waals surface area contributed by atoms with Gasteiger partial charge in [0.15, 0.2) is 0 Å². The maximum atomic E-state index is 13.6. The molecule has 4 heteroatoms. The average molecular weight is 352 g/mol. The molecule has 0 saturated carbocycles. The second kappa shape index (κ2) is 5.83. The van der Waals surface area contributed by atoms with Crippen LogP contribution in [0.1, 0.15) is 11.1 Å². The van der Waals surface area contributed by atoms with E-state index in [2.05, 4.69) is 27.9 Å². The van der Waals surface area contributed by atoms with E-state index in [-0.39, 0.29) is 5.82 Å². The van der Waals surface area contributed by atoms with Gasteiger partial charge in [0.1, 0.15) is 5.82 Å². The maximum Gasteiger partial charge on any atom is 0.129 e. The first-order valence-electron chi connectivity index (χ1n) is 5.37. The van der Waals surface area contributed by atoms with E-state index in [1.54, 1.807) is 12.1 Å². The van der Waals surface area contributed by atoms with Crippen LogP contribution in [0.25, 0.3) is 0 Å². The van der Waals surface area contributed by atoms with Crippen molar-refractivity contribution < 1.29 is 4.39 Å². The van der Waals surface area contributed by atoms with Gasteiger partial charge in [-0.3, -0.25) is 0 Å². The van der Waals surface area contributed by atoms with Crippen molar-refractivity contribution in [2.24, 2.45) is 0 Å². The van der Waals surface area contributed by atoms with Gasteiger partial charge in [-0.25, -0.2) is 4.39 Å². The quantitative estimate of drug-likeness (QED) is 0.851. The topological polar surface area (TPSA) is 35.8 Å². The first-order valence-corrected chi connectivity index (χ1v) is 6.45. The van der Waals surface area contributed by atoms with Gasteiger partial charge >= 0.3 is 0 Å². The highest BCUT2D eigenvalue weighted by molar-refractivity contribution is 14.1. The number of hydrogen-bond acceptors (Lipinski definition) is 2.